The highest BCUT2D eigenvalue weighted by Crippen LogP contribution is 2.26. The van der Waals surface area contributed by atoms with Crippen LogP contribution in [0, 0.1) is 5.92 Å². The van der Waals surface area contributed by atoms with Gasteiger partial charge in [0.1, 0.15) is 0 Å². The zero-order valence-corrected chi connectivity index (χ0v) is 14.4. The van der Waals surface area contributed by atoms with E-state index in [9.17, 15) is 9.59 Å². The lowest BCUT2D eigenvalue weighted by atomic mass is 10.1. The lowest BCUT2D eigenvalue weighted by Gasteiger charge is -2.17. The first-order valence-corrected chi connectivity index (χ1v) is 8.81. The summed E-state index contributed by atoms with van der Waals surface area (Å²) in [5.74, 6) is -0.373. The van der Waals surface area contributed by atoms with Crippen molar-refractivity contribution in [1.82, 2.24) is 4.90 Å². The molecular formula is C22H20N2O2. The van der Waals surface area contributed by atoms with Gasteiger partial charge in [0.2, 0.25) is 11.8 Å². The maximum Gasteiger partial charge on any atom is 0.229 e. The molecule has 4 nitrogen and oxygen atoms in total. The normalized spacial score (nSPS) is 16.8. The van der Waals surface area contributed by atoms with Gasteiger partial charge in [-0.25, -0.2) is 0 Å². The van der Waals surface area contributed by atoms with E-state index in [0.29, 0.717) is 13.1 Å². The van der Waals surface area contributed by atoms with E-state index < -0.39 is 0 Å². The largest absolute Gasteiger partial charge is 0.338 e. The lowest BCUT2D eigenvalue weighted by Crippen LogP contribution is -2.28. The van der Waals surface area contributed by atoms with Crippen molar-refractivity contribution < 1.29 is 9.59 Å². The van der Waals surface area contributed by atoms with Crippen molar-refractivity contribution in [2.75, 3.05) is 11.9 Å². The summed E-state index contributed by atoms with van der Waals surface area (Å²) < 4.78 is 0. The van der Waals surface area contributed by atoms with Crippen LogP contribution in [0.1, 0.15) is 12.0 Å². The highest BCUT2D eigenvalue weighted by Gasteiger charge is 2.34. The SMILES string of the molecule is O=C(Nc1cccc2ccccc12)[C@@H]1CC(=O)N(Cc2ccccc2)C1. The molecule has 130 valence electrons. The first kappa shape index (κ1) is 16.3. The van der Waals surface area contributed by atoms with Gasteiger partial charge < -0.3 is 10.2 Å². The second kappa shape index (κ2) is 7.00. The molecule has 3 aromatic rings. The van der Waals surface area contributed by atoms with Crippen LogP contribution in [0.15, 0.2) is 72.8 Å². The smallest absolute Gasteiger partial charge is 0.229 e. The number of fused-ring (bicyclic) bond motifs is 1. The Morgan fingerprint density at radius 3 is 2.54 bits per heavy atom. The summed E-state index contributed by atoms with van der Waals surface area (Å²) in [7, 11) is 0. The van der Waals surface area contributed by atoms with Gasteiger partial charge in [-0.1, -0.05) is 66.7 Å². The molecule has 2 amide bonds. The highest BCUT2D eigenvalue weighted by atomic mass is 16.2. The summed E-state index contributed by atoms with van der Waals surface area (Å²) >= 11 is 0. The highest BCUT2D eigenvalue weighted by molar-refractivity contribution is 6.04. The van der Waals surface area contributed by atoms with Crippen molar-refractivity contribution >= 4 is 28.3 Å². The molecule has 1 saturated heterocycles. The molecule has 0 bridgehead atoms. The van der Waals surface area contributed by atoms with E-state index >= 15 is 0 Å². The van der Waals surface area contributed by atoms with Crippen LogP contribution in [-0.4, -0.2) is 23.3 Å². The number of anilines is 1. The first-order chi connectivity index (χ1) is 12.7. The van der Waals surface area contributed by atoms with E-state index in [2.05, 4.69) is 5.32 Å². The number of carbonyl (C=O) groups is 2. The second-order valence-corrected chi connectivity index (χ2v) is 6.68. The minimum atomic E-state index is -0.315. The van der Waals surface area contributed by atoms with Crippen LogP contribution < -0.4 is 5.32 Å². The molecule has 4 heteroatoms. The van der Waals surface area contributed by atoms with Crippen LogP contribution in [0.5, 0.6) is 0 Å². The molecule has 0 spiro atoms. The van der Waals surface area contributed by atoms with E-state index in [-0.39, 0.29) is 24.2 Å². The molecule has 4 rings (SSSR count). The van der Waals surface area contributed by atoms with Crippen LogP contribution in [-0.2, 0) is 16.1 Å². The number of likely N-dealkylation sites (tertiary alicyclic amines) is 1. The second-order valence-electron chi connectivity index (χ2n) is 6.68. The number of nitrogens with zero attached hydrogens (tertiary/aromatic N) is 1. The number of amides is 2. The third-order valence-electron chi connectivity index (χ3n) is 4.85. The van der Waals surface area contributed by atoms with Crippen LogP contribution in [0.4, 0.5) is 5.69 Å². The summed E-state index contributed by atoms with van der Waals surface area (Å²) in [6.07, 6.45) is 0.267. The Morgan fingerprint density at radius 2 is 1.69 bits per heavy atom. The first-order valence-electron chi connectivity index (χ1n) is 8.81. The minimum absolute atomic E-state index is 0.0342. The maximum atomic E-state index is 12.7. The summed E-state index contributed by atoms with van der Waals surface area (Å²) in [5.41, 5.74) is 1.87. The zero-order chi connectivity index (χ0) is 17.9. The molecule has 1 aliphatic rings. The lowest BCUT2D eigenvalue weighted by molar-refractivity contribution is -0.128. The zero-order valence-electron chi connectivity index (χ0n) is 14.4. The minimum Gasteiger partial charge on any atom is -0.338 e. The number of nitrogens with one attached hydrogen (secondary N) is 1. The number of hydrogen-bond donors (Lipinski definition) is 1. The molecule has 0 aromatic heterocycles. The van der Waals surface area contributed by atoms with Crippen molar-refractivity contribution in [2.45, 2.75) is 13.0 Å². The van der Waals surface area contributed by atoms with E-state index in [1.165, 1.54) is 0 Å². The van der Waals surface area contributed by atoms with Crippen molar-refractivity contribution in [1.29, 1.82) is 0 Å². The summed E-state index contributed by atoms with van der Waals surface area (Å²) in [6, 6.07) is 23.7. The molecule has 0 saturated carbocycles. The monoisotopic (exact) mass is 344 g/mol. The predicted octanol–water partition coefficient (Wildman–Crippen LogP) is 3.83. The third kappa shape index (κ3) is 3.31. The van der Waals surface area contributed by atoms with Gasteiger partial charge in [0.15, 0.2) is 0 Å². The standard InChI is InChI=1S/C22H20N2O2/c25-21-13-18(15-24(21)14-16-7-2-1-3-8-16)22(26)23-20-12-6-10-17-9-4-5-11-19(17)20/h1-12,18H,13-15H2,(H,23,26)/t18-/m1/s1. The molecular weight excluding hydrogens is 324 g/mol. The molecule has 0 radical (unpaired) electrons. The average Bonchev–Trinajstić information content (AvgIpc) is 3.03. The van der Waals surface area contributed by atoms with Crippen molar-refractivity contribution in [2.24, 2.45) is 5.92 Å². The van der Waals surface area contributed by atoms with Gasteiger partial charge in [0.25, 0.3) is 0 Å². The molecule has 0 aliphatic carbocycles. The summed E-state index contributed by atoms with van der Waals surface area (Å²) in [5, 5.41) is 5.10. The topological polar surface area (TPSA) is 49.4 Å². The quantitative estimate of drug-likeness (QED) is 0.782. The summed E-state index contributed by atoms with van der Waals surface area (Å²) in [4.78, 5) is 26.8. The molecule has 1 aliphatic heterocycles. The Bertz CT molecular complexity index is 947. The van der Waals surface area contributed by atoms with Crippen molar-refractivity contribution in [3.05, 3.63) is 78.4 Å². The fourth-order valence-corrected chi connectivity index (χ4v) is 3.47. The Hall–Kier alpha value is -3.14. The van der Waals surface area contributed by atoms with Gasteiger partial charge in [-0.3, -0.25) is 9.59 Å². The van der Waals surface area contributed by atoms with Gasteiger partial charge >= 0.3 is 0 Å². The molecule has 1 N–H and O–H groups in total. The molecule has 1 heterocycles. The van der Waals surface area contributed by atoms with Crippen LogP contribution in [0.3, 0.4) is 0 Å². The van der Waals surface area contributed by atoms with Crippen molar-refractivity contribution in [3.8, 4) is 0 Å². The number of carbonyl (C=O) groups excluding carboxylic acids is 2. The van der Waals surface area contributed by atoms with Gasteiger partial charge in [-0.15, -0.1) is 0 Å². The van der Waals surface area contributed by atoms with E-state index in [1.54, 1.807) is 4.90 Å². The van der Waals surface area contributed by atoms with Crippen LogP contribution in [0.2, 0.25) is 0 Å². The van der Waals surface area contributed by atoms with Gasteiger partial charge in [0, 0.05) is 30.6 Å². The Morgan fingerprint density at radius 1 is 0.962 bits per heavy atom. The van der Waals surface area contributed by atoms with Crippen molar-refractivity contribution in [3.63, 3.8) is 0 Å². The fraction of sp³-hybridized carbons (Fsp3) is 0.182. The van der Waals surface area contributed by atoms with Gasteiger partial charge in [-0.2, -0.15) is 0 Å². The predicted molar refractivity (Wildman–Crippen MR) is 103 cm³/mol. The molecule has 3 aromatic carbocycles. The Balaban J connectivity index is 1.46. The molecule has 1 fully saturated rings. The molecule has 1 atom stereocenters. The Labute approximate surface area is 152 Å². The number of hydrogen-bond acceptors (Lipinski definition) is 2. The van der Waals surface area contributed by atoms with Gasteiger partial charge in [0.05, 0.1) is 5.92 Å². The van der Waals surface area contributed by atoms with E-state index in [1.807, 2.05) is 72.8 Å². The molecule has 0 unspecified atom stereocenters. The number of rotatable bonds is 4. The molecule has 26 heavy (non-hydrogen) atoms. The van der Waals surface area contributed by atoms with Crippen LogP contribution in [0.25, 0.3) is 10.8 Å². The average molecular weight is 344 g/mol. The fourth-order valence-electron chi connectivity index (χ4n) is 3.47. The Kier molecular flexibility index (Phi) is 4.40. The third-order valence-corrected chi connectivity index (χ3v) is 4.85. The van der Waals surface area contributed by atoms with E-state index in [0.717, 1.165) is 22.0 Å². The van der Waals surface area contributed by atoms with Gasteiger partial charge in [-0.05, 0) is 17.0 Å². The summed E-state index contributed by atoms with van der Waals surface area (Å²) in [6.45, 7) is 1.02. The van der Waals surface area contributed by atoms with Crippen LogP contribution >= 0.6 is 0 Å². The number of benzene rings is 3. The van der Waals surface area contributed by atoms with E-state index in [4.69, 9.17) is 0 Å². The maximum absolute atomic E-state index is 12.7.